The minimum absolute atomic E-state index is 0.131. The van der Waals surface area contributed by atoms with Gasteiger partial charge in [-0.1, -0.05) is 0 Å². The minimum atomic E-state index is -1.17. The monoisotopic (exact) mass is 324 g/mol. The first kappa shape index (κ1) is 18.3. The number of imide groups is 1. The van der Waals surface area contributed by atoms with Crippen LogP contribution in [0.2, 0.25) is 0 Å². The second kappa shape index (κ2) is 8.62. The smallest absolute Gasteiger partial charge is 0.321 e. The zero-order chi connectivity index (χ0) is 17.4. The summed E-state index contributed by atoms with van der Waals surface area (Å²) in [6, 6.07) is 4.22. The molecule has 0 bridgehead atoms. The van der Waals surface area contributed by atoms with Gasteiger partial charge in [-0.2, -0.15) is 0 Å². The summed E-state index contributed by atoms with van der Waals surface area (Å²) < 4.78 is 17.6. The number of carbonyl (C=O) groups excluding carboxylic acids is 4. The fraction of sp³-hybridized carbons (Fsp3) is 0.333. The second-order valence-corrected chi connectivity index (χ2v) is 4.63. The summed E-state index contributed by atoms with van der Waals surface area (Å²) in [5.41, 5.74) is 0.282. The van der Waals surface area contributed by atoms with Gasteiger partial charge in [-0.3, -0.25) is 19.7 Å². The van der Waals surface area contributed by atoms with E-state index in [2.05, 4.69) is 5.32 Å². The number of benzene rings is 1. The molecule has 1 atom stereocenters. The summed E-state index contributed by atoms with van der Waals surface area (Å²) >= 11 is 0. The van der Waals surface area contributed by atoms with E-state index in [-0.39, 0.29) is 24.2 Å². The van der Waals surface area contributed by atoms with Crippen LogP contribution in [0, 0.1) is 5.82 Å². The number of ether oxygens (including phenoxy) is 1. The van der Waals surface area contributed by atoms with Crippen LogP contribution in [-0.2, 0) is 14.3 Å². The largest absolute Gasteiger partial charge is 0.453 e. The average molecular weight is 324 g/mol. The van der Waals surface area contributed by atoms with E-state index in [1.807, 2.05) is 5.32 Å². The topological polar surface area (TPSA) is 102 Å². The van der Waals surface area contributed by atoms with E-state index in [4.69, 9.17) is 4.74 Å². The van der Waals surface area contributed by atoms with Crippen molar-refractivity contribution in [3.63, 3.8) is 0 Å². The Morgan fingerprint density at radius 2 is 1.74 bits per heavy atom. The number of halogens is 1. The summed E-state index contributed by atoms with van der Waals surface area (Å²) in [4.78, 5) is 45.8. The first-order chi connectivity index (χ1) is 10.8. The standard InChI is InChI=1S/C15H17FN2O5/c1-9(14(21)18-15(22)17-2)23-13(20)8-7-12(19)10-3-5-11(16)6-4-10/h3-6,9H,7-8H2,1-2H3,(H2,17,18,21,22)/t9-/m1/s1. The molecule has 0 fully saturated rings. The number of urea groups is 1. The van der Waals surface area contributed by atoms with Crippen LogP contribution in [0.1, 0.15) is 30.1 Å². The second-order valence-electron chi connectivity index (χ2n) is 4.63. The minimum Gasteiger partial charge on any atom is -0.453 e. The highest BCUT2D eigenvalue weighted by molar-refractivity contribution is 5.98. The van der Waals surface area contributed by atoms with Gasteiger partial charge in [0.05, 0.1) is 6.42 Å². The lowest BCUT2D eigenvalue weighted by Gasteiger charge is -2.12. The summed E-state index contributed by atoms with van der Waals surface area (Å²) in [5, 5.41) is 4.15. The van der Waals surface area contributed by atoms with E-state index in [1.54, 1.807) is 0 Å². The van der Waals surface area contributed by atoms with Gasteiger partial charge in [0.25, 0.3) is 5.91 Å². The number of ketones is 1. The predicted octanol–water partition coefficient (Wildman–Crippen LogP) is 1.18. The molecule has 3 amide bonds. The summed E-state index contributed by atoms with van der Waals surface area (Å²) in [5.74, 6) is -2.33. The van der Waals surface area contributed by atoms with Crippen molar-refractivity contribution in [2.24, 2.45) is 0 Å². The van der Waals surface area contributed by atoms with Gasteiger partial charge in [-0.05, 0) is 31.2 Å². The SMILES string of the molecule is CNC(=O)NC(=O)[C@@H](C)OC(=O)CCC(=O)c1ccc(F)cc1. The van der Waals surface area contributed by atoms with Crippen molar-refractivity contribution in [3.8, 4) is 0 Å². The van der Waals surface area contributed by atoms with Crippen LogP contribution in [0.3, 0.4) is 0 Å². The molecule has 0 aliphatic heterocycles. The maximum Gasteiger partial charge on any atom is 0.321 e. The molecule has 2 N–H and O–H groups in total. The third-order valence-corrected chi connectivity index (χ3v) is 2.86. The Morgan fingerprint density at radius 3 is 2.30 bits per heavy atom. The predicted molar refractivity (Wildman–Crippen MR) is 78.1 cm³/mol. The molecule has 124 valence electrons. The summed E-state index contributed by atoms with van der Waals surface area (Å²) in [7, 11) is 1.33. The maximum absolute atomic E-state index is 12.7. The lowest BCUT2D eigenvalue weighted by atomic mass is 10.1. The molecular weight excluding hydrogens is 307 g/mol. The van der Waals surface area contributed by atoms with E-state index in [0.29, 0.717) is 0 Å². The maximum atomic E-state index is 12.7. The van der Waals surface area contributed by atoms with Gasteiger partial charge in [0.15, 0.2) is 11.9 Å². The lowest BCUT2D eigenvalue weighted by Crippen LogP contribution is -2.43. The van der Waals surface area contributed by atoms with E-state index in [1.165, 1.54) is 26.1 Å². The Kier molecular flexibility index (Phi) is 6.85. The van der Waals surface area contributed by atoms with Crippen LogP contribution in [0.15, 0.2) is 24.3 Å². The van der Waals surface area contributed by atoms with Crippen molar-refractivity contribution in [3.05, 3.63) is 35.6 Å². The van der Waals surface area contributed by atoms with Crippen molar-refractivity contribution in [2.45, 2.75) is 25.9 Å². The Hall–Kier alpha value is -2.77. The van der Waals surface area contributed by atoms with Crippen LogP contribution < -0.4 is 10.6 Å². The molecule has 1 aromatic rings. The van der Waals surface area contributed by atoms with Crippen molar-refractivity contribution >= 4 is 23.7 Å². The van der Waals surface area contributed by atoms with E-state index < -0.39 is 29.8 Å². The third kappa shape index (κ3) is 6.25. The van der Waals surface area contributed by atoms with Gasteiger partial charge in [0.1, 0.15) is 5.82 Å². The number of carbonyl (C=O) groups is 4. The molecule has 0 unspecified atom stereocenters. The van der Waals surface area contributed by atoms with Gasteiger partial charge in [-0.25, -0.2) is 9.18 Å². The molecule has 1 aromatic carbocycles. The van der Waals surface area contributed by atoms with Gasteiger partial charge in [-0.15, -0.1) is 0 Å². The molecule has 23 heavy (non-hydrogen) atoms. The molecule has 0 aliphatic carbocycles. The molecule has 0 radical (unpaired) electrons. The molecule has 7 nitrogen and oxygen atoms in total. The number of amides is 3. The molecular formula is C15H17FN2O5. The van der Waals surface area contributed by atoms with Crippen LogP contribution in [-0.4, -0.2) is 36.8 Å². The average Bonchev–Trinajstić information content (AvgIpc) is 2.52. The Balaban J connectivity index is 2.41. The highest BCUT2D eigenvalue weighted by Crippen LogP contribution is 2.08. The summed E-state index contributed by atoms with van der Waals surface area (Å²) in [6.07, 6.45) is -1.53. The Labute approximate surface area is 132 Å². The van der Waals surface area contributed by atoms with Crippen molar-refractivity contribution in [1.82, 2.24) is 10.6 Å². The number of hydrogen-bond acceptors (Lipinski definition) is 5. The molecule has 0 saturated carbocycles. The van der Waals surface area contributed by atoms with Crippen LogP contribution in [0.5, 0.6) is 0 Å². The number of esters is 1. The van der Waals surface area contributed by atoms with Gasteiger partial charge < -0.3 is 10.1 Å². The number of Topliss-reactive ketones (excluding diaryl/α,β-unsaturated/α-hetero) is 1. The third-order valence-electron chi connectivity index (χ3n) is 2.86. The Bertz CT molecular complexity index is 600. The zero-order valence-electron chi connectivity index (χ0n) is 12.7. The molecule has 0 heterocycles. The lowest BCUT2D eigenvalue weighted by molar-refractivity contribution is -0.154. The normalized spacial score (nSPS) is 11.3. The van der Waals surface area contributed by atoms with Crippen LogP contribution in [0.25, 0.3) is 0 Å². The van der Waals surface area contributed by atoms with Crippen LogP contribution in [0.4, 0.5) is 9.18 Å². The van der Waals surface area contributed by atoms with E-state index in [0.717, 1.165) is 12.1 Å². The fourth-order valence-electron chi connectivity index (χ4n) is 1.58. The van der Waals surface area contributed by atoms with Gasteiger partial charge in [0.2, 0.25) is 0 Å². The molecule has 0 saturated heterocycles. The molecule has 8 heteroatoms. The molecule has 1 rings (SSSR count). The first-order valence-corrected chi connectivity index (χ1v) is 6.84. The highest BCUT2D eigenvalue weighted by atomic mass is 19.1. The van der Waals surface area contributed by atoms with Crippen molar-refractivity contribution in [2.75, 3.05) is 7.05 Å². The molecule has 0 aliphatic rings. The van der Waals surface area contributed by atoms with Crippen molar-refractivity contribution < 1.29 is 28.3 Å². The van der Waals surface area contributed by atoms with E-state index >= 15 is 0 Å². The number of nitrogens with one attached hydrogen (secondary N) is 2. The van der Waals surface area contributed by atoms with E-state index in [9.17, 15) is 23.6 Å². The highest BCUT2D eigenvalue weighted by Gasteiger charge is 2.20. The van der Waals surface area contributed by atoms with Gasteiger partial charge in [0, 0.05) is 19.0 Å². The van der Waals surface area contributed by atoms with Crippen LogP contribution >= 0.6 is 0 Å². The van der Waals surface area contributed by atoms with Crippen molar-refractivity contribution in [1.29, 1.82) is 0 Å². The first-order valence-electron chi connectivity index (χ1n) is 6.84. The number of hydrogen-bond donors (Lipinski definition) is 2. The molecule has 0 spiro atoms. The quantitative estimate of drug-likeness (QED) is 0.604. The summed E-state index contributed by atoms with van der Waals surface area (Å²) in [6.45, 7) is 1.30. The molecule has 0 aromatic heterocycles. The number of rotatable bonds is 6. The zero-order valence-corrected chi connectivity index (χ0v) is 12.7. The fourth-order valence-corrected chi connectivity index (χ4v) is 1.58. The van der Waals surface area contributed by atoms with Gasteiger partial charge >= 0.3 is 12.0 Å². The Morgan fingerprint density at radius 1 is 1.13 bits per heavy atom.